The molecule has 0 bridgehead atoms. The molecule has 0 aliphatic heterocycles. The van der Waals surface area contributed by atoms with Gasteiger partial charge in [0.2, 0.25) is 0 Å². The van der Waals surface area contributed by atoms with E-state index in [1.54, 1.807) is 7.11 Å². The number of ether oxygens (including phenoxy) is 1. The maximum absolute atomic E-state index is 5.31. The number of nitrogens with one attached hydrogen (secondary N) is 1. The molecule has 3 rings (SSSR count). The Morgan fingerprint density at radius 2 is 2.11 bits per heavy atom. The Hall–Kier alpha value is -1.44. The van der Waals surface area contributed by atoms with Gasteiger partial charge in [-0.15, -0.1) is 0 Å². The van der Waals surface area contributed by atoms with Crippen LogP contribution in [0, 0.1) is 5.92 Å². The van der Waals surface area contributed by atoms with Crippen LogP contribution < -0.4 is 4.74 Å². The van der Waals surface area contributed by atoms with Gasteiger partial charge in [0.1, 0.15) is 5.75 Å². The van der Waals surface area contributed by atoms with Gasteiger partial charge < -0.3 is 9.72 Å². The maximum Gasteiger partial charge on any atom is 0.119 e. The third-order valence-corrected chi connectivity index (χ3v) is 4.27. The Morgan fingerprint density at radius 3 is 2.89 bits per heavy atom. The summed E-state index contributed by atoms with van der Waals surface area (Å²) in [5.74, 6) is 1.91. The number of rotatable bonds is 4. The molecule has 2 aromatic rings. The third-order valence-electron chi connectivity index (χ3n) is 4.27. The fourth-order valence-corrected chi connectivity index (χ4v) is 3.15. The molecule has 1 N–H and O–H groups in total. The predicted molar refractivity (Wildman–Crippen MR) is 75.1 cm³/mol. The van der Waals surface area contributed by atoms with Crippen molar-refractivity contribution in [1.29, 1.82) is 0 Å². The smallest absolute Gasteiger partial charge is 0.119 e. The zero-order valence-electron chi connectivity index (χ0n) is 11.0. The van der Waals surface area contributed by atoms with Crippen LogP contribution in [0.4, 0.5) is 0 Å². The van der Waals surface area contributed by atoms with Gasteiger partial charge in [0.15, 0.2) is 0 Å². The van der Waals surface area contributed by atoms with E-state index >= 15 is 0 Å². The molecule has 1 saturated carbocycles. The number of aromatic amines is 1. The first-order valence-corrected chi connectivity index (χ1v) is 7.01. The quantitative estimate of drug-likeness (QED) is 0.851. The topological polar surface area (TPSA) is 25.0 Å². The average molecular weight is 243 g/mol. The molecular weight excluding hydrogens is 222 g/mol. The fraction of sp³-hybridized carbons (Fsp3) is 0.500. The van der Waals surface area contributed by atoms with E-state index in [0.717, 1.165) is 11.7 Å². The molecule has 0 unspecified atom stereocenters. The van der Waals surface area contributed by atoms with Gasteiger partial charge in [-0.1, -0.05) is 25.7 Å². The van der Waals surface area contributed by atoms with Crippen LogP contribution in [0.2, 0.25) is 0 Å². The third kappa shape index (κ3) is 2.24. The van der Waals surface area contributed by atoms with Crippen molar-refractivity contribution < 1.29 is 4.74 Å². The number of methoxy groups -OCH3 is 1. The standard InChI is InChI=1S/C16H21NO/c1-18-14-8-9-16-15(10-14)13(11-17-16)7-6-12-4-2-3-5-12/h8-12,17H,2-7H2,1H3. The molecule has 0 spiro atoms. The van der Waals surface area contributed by atoms with Crippen LogP contribution in [-0.4, -0.2) is 12.1 Å². The fourth-order valence-electron chi connectivity index (χ4n) is 3.15. The summed E-state index contributed by atoms with van der Waals surface area (Å²) in [6, 6.07) is 6.27. The van der Waals surface area contributed by atoms with Crippen molar-refractivity contribution in [1.82, 2.24) is 4.98 Å². The van der Waals surface area contributed by atoms with E-state index in [1.165, 1.54) is 55.0 Å². The molecule has 0 atom stereocenters. The molecule has 0 amide bonds. The Kier molecular flexibility index (Phi) is 3.26. The lowest BCUT2D eigenvalue weighted by Crippen LogP contribution is -1.95. The molecule has 0 radical (unpaired) electrons. The highest BCUT2D eigenvalue weighted by molar-refractivity contribution is 5.84. The first-order valence-electron chi connectivity index (χ1n) is 7.01. The number of hydrogen-bond donors (Lipinski definition) is 1. The summed E-state index contributed by atoms with van der Waals surface area (Å²) in [6.45, 7) is 0. The van der Waals surface area contributed by atoms with E-state index in [9.17, 15) is 0 Å². The lowest BCUT2D eigenvalue weighted by molar-refractivity contribution is 0.415. The van der Waals surface area contributed by atoms with Gasteiger partial charge in [0.05, 0.1) is 7.11 Å². The molecule has 1 aromatic heterocycles. The first-order chi connectivity index (χ1) is 8.86. The molecule has 96 valence electrons. The van der Waals surface area contributed by atoms with Gasteiger partial charge >= 0.3 is 0 Å². The van der Waals surface area contributed by atoms with Crippen molar-refractivity contribution in [2.45, 2.75) is 38.5 Å². The summed E-state index contributed by atoms with van der Waals surface area (Å²) in [5, 5.41) is 1.33. The maximum atomic E-state index is 5.31. The normalized spacial score (nSPS) is 16.5. The summed E-state index contributed by atoms with van der Waals surface area (Å²) >= 11 is 0. The number of aromatic nitrogens is 1. The molecule has 18 heavy (non-hydrogen) atoms. The lowest BCUT2D eigenvalue weighted by Gasteiger charge is -2.07. The van der Waals surface area contributed by atoms with E-state index in [2.05, 4.69) is 23.3 Å². The number of fused-ring (bicyclic) bond motifs is 1. The average Bonchev–Trinajstić information content (AvgIpc) is 3.05. The van der Waals surface area contributed by atoms with Crippen molar-refractivity contribution >= 4 is 10.9 Å². The molecule has 2 nitrogen and oxygen atoms in total. The minimum Gasteiger partial charge on any atom is -0.497 e. The van der Waals surface area contributed by atoms with Crippen LogP contribution in [0.3, 0.4) is 0 Å². The van der Waals surface area contributed by atoms with E-state index in [4.69, 9.17) is 4.74 Å². The SMILES string of the molecule is COc1ccc2[nH]cc(CCC3CCCC3)c2c1. The summed E-state index contributed by atoms with van der Waals surface area (Å²) in [4.78, 5) is 3.36. The molecule has 1 fully saturated rings. The number of aryl methyl sites for hydroxylation is 1. The highest BCUT2D eigenvalue weighted by Gasteiger charge is 2.15. The van der Waals surface area contributed by atoms with Gasteiger partial charge in [-0.2, -0.15) is 0 Å². The Labute approximate surface area is 108 Å². The summed E-state index contributed by atoms with van der Waals surface area (Å²) in [7, 11) is 1.73. The van der Waals surface area contributed by atoms with E-state index < -0.39 is 0 Å². The number of H-pyrrole nitrogens is 1. The summed E-state index contributed by atoms with van der Waals surface area (Å²) < 4.78 is 5.31. The van der Waals surface area contributed by atoms with Crippen molar-refractivity contribution in [2.75, 3.05) is 7.11 Å². The molecular formula is C16H21NO. The minimum absolute atomic E-state index is 0.948. The largest absolute Gasteiger partial charge is 0.497 e. The second-order valence-corrected chi connectivity index (χ2v) is 5.41. The second kappa shape index (κ2) is 5.05. The van der Waals surface area contributed by atoms with E-state index in [1.807, 2.05) is 6.07 Å². The zero-order chi connectivity index (χ0) is 12.4. The van der Waals surface area contributed by atoms with Crippen LogP contribution in [0.15, 0.2) is 24.4 Å². The van der Waals surface area contributed by atoms with Crippen LogP contribution in [0.5, 0.6) is 5.75 Å². The molecule has 1 aliphatic carbocycles. The van der Waals surface area contributed by atoms with Crippen molar-refractivity contribution in [2.24, 2.45) is 5.92 Å². The monoisotopic (exact) mass is 243 g/mol. The van der Waals surface area contributed by atoms with Gasteiger partial charge in [0.25, 0.3) is 0 Å². The highest BCUT2D eigenvalue weighted by atomic mass is 16.5. The summed E-state index contributed by atoms with van der Waals surface area (Å²) in [6.07, 6.45) is 10.4. The van der Waals surface area contributed by atoms with Crippen LogP contribution in [0.25, 0.3) is 10.9 Å². The van der Waals surface area contributed by atoms with Crippen molar-refractivity contribution in [3.63, 3.8) is 0 Å². The molecule has 1 aliphatic rings. The molecule has 0 saturated heterocycles. The number of hydrogen-bond acceptors (Lipinski definition) is 1. The molecule has 1 aromatic carbocycles. The van der Waals surface area contributed by atoms with E-state index in [0.29, 0.717) is 0 Å². The Bertz CT molecular complexity index is 523. The van der Waals surface area contributed by atoms with Crippen LogP contribution in [0.1, 0.15) is 37.7 Å². The van der Waals surface area contributed by atoms with Gasteiger partial charge in [-0.3, -0.25) is 0 Å². The van der Waals surface area contributed by atoms with Crippen LogP contribution in [-0.2, 0) is 6.42 Å². The molecule has 1 heterocycles. The van der Waals surface area contributed by atoms with Gasteiger partial charge in [-0.25, -0.2) is 0 Å². The van der Waals surface area contributed by atoms with Crippen molar-refractivity contribution in [3.05, 3.63) is 30.0 Å². The zero-order valence-corrected chi connectivity index (χ0v) is 11.0. The molecule has 2 heteroatoms. The van der Waals surface area contributed by atoms with Gasteiger partial charge in [-0.05, 0) is 42.5 Å². The predicted octanol–water partition coefficient (Wildman–Crippen LogP) is 4.30. The minimum atomic E-state index is 0.948. The first kappa shape index (κ1) is 11.6. The van der Waals surface area contributed by atoms with E-state index in [-0.39, 0.29) is 0 Å². The highest BCUT2D eigenvalue weighted by Crippen LogP contribution is 2.30. The number of benzene rings is 1. The van der Waals surface area contributed by atoms with Crippen molar-refractivity contribution in [3.8, 4) is 5.75 Å². The Morgan fingerprint density at radius 1 is 1.28 bits per heavy atom. The van der Waals surface area contributed by atoms with Gasteiger partial charge in [0, 0.05) is 17.1 Å². The lowest BCUT2D eigenvalue weighted by atomic mass is 9.98. The second-order valence-electron chi connectivity index (χ2n) is 5.41. The Balaban J connectivity index is 1.78. The summed E-state index contributed by atoms with van der Waals surface area (Å²) in [5.41, 5.74) is 2.66. The van der Waals surface area contributed by atoms with Crippen LogP contribution >= 0.6 is 0 Å².